The minimum Gasteiger partial charge on any atom is -0.490 e. The molecule has 0 unspecified atom stereocenters. The van der Waals surface area contributed by atoms with Crippen LogP contribution >= 0.6 is 0 Å². The summed E-state index contributed by atoms with van der Waals surface area (Å²) in [4.78, 5) is 0. The Kier molecular flexibility index (Phi) is 3.25. The van der Waals surface area contributed by atoms with Gasteiger partial charge in [-0.25, -0.2) is 0 Å². The van der Waals surface area contributed by atoms with Crippen molar-refractivity contribution in [2.24, 2.45) is 0 Å². The summed E-state index contributed by atoms with van der Waals surface area (Å²) < 4.78 is 6.10. The van der Waals surface area contributed by atoms with E-state index in [-0.39, 0.29) is 0 Å². The molecule has 2 fully saturated rings. The van der Waals surface area contributed by atoms with Crippen LogP contribution in [0.5, 0.6) is 5.75 Å². The van der Waals surface area contributed by atoms with E-state index in [9.17, 15) is 0 Å². The molecule has 2 saturated heterocycles. The predicted octanol–water partition coefficient (Wildman–Crippen LogP) is 2.72. The van der Waals surface area contributed by atoms with Gasteiger partial charge in [0.05, 0.1) is 0 Å². The Morgan fingerprint density at radius 1 is 1.22 bits per heavy atom. The zero-order chi connectivity index (χ0) is 12.4. The van der Waals surface area contributed by atoms with Crippen molar-refractivity contribution in [3.63, 3.8) is 0 Å². The number of terminal acetylenes is 1. The van der Waals surface area contributed by atoms with E-state index in [1.807, 2.05) is 24.3 Å². The van der Waals surface area contributed by atoms with Crippen LogP contribution in [0.25, 0.3) is 0 Å². The lowest BCUT2D eigenvalue weighted by atomic mass is 9.85. The van der Waals surface area contributed by atoms with E-state index >= 15 is 0 Å². The van der Waals surface area contributed by atoms with Gasteiger partial charge in [0.25, 0.3) is 0 Å². The van der Waals surface area contributed by atoms with Crippen LogP contribution in [-0.4, -0.2) is 18.2 Å². The smallest absolute Gasteiger partial charge is 0.120 e. The Labute approximate surface area is 109 Å². The van der Waals surface area contributed by atoms with E-state index in [1.54, 1.807) is 0 Å². The van der Waals surface area contributed by atoms with Crippen molar-refractivity contribution >= 4 is 0 Å². The van der Waals surface area contributed by atoms with Crippen LogP contribution in [0.15, 0.2) is 24.3 Å². The first-order chi connectivity index (χ1) is 8.83. The highest BCUT2D eigenvalue weighted by atomic mass is 16.5. The van der Waals surface area contributed by atoms with Crippen molar-refractivity contribution < 1.29 is 4.74 Å². The van der Waals surface area contributed by atoms with Crippen LogP contribution in [-0.2, 0) is 0 Å². The SMILES string of the molecule is C#Cc1cccc(O[C@@H]2C[C@H]3CCC[C@@H](C2)N3)c1. The normalized spacial score (nSPS) is 30.5. The second-order valence-corrected chi connectivity index (χ2v) is 5.37. The van der Waals surface area contributed by atoms with Crippen LogP contribution in [0.4, 0.5) is 0 Å². The molecule has 3 rings (SSSR count). The third-order valence-corrected chi connectivity index (χ3v) is 3.97. The first kappa shape index (κ1) is 11.6. The maximum absolute atomic E-state index is 6.10. The third-order valence-electron chi connectivity index (χ3n) is 3.97. The molecule has 3 atom stereocenters. The van der Waals surface area contributed by atoms with E-state index in [2.05, 4.69) is 11.2 Å². The molecule has 0 amide bonds. The number of ether oxygens (including phenoxy) is 1. The highest BCUT2D eigenvalue weighted by Crippen LogP contribution is 2.28. The van der Waals surface area contributed by atoms with Crippen LogP contribution in [0.2, 0.25) is 0 Å². The summed E-state index contributed by atoms with van der Waals surface area (Å²) in [5.41, 5.74) is 0.890. The molecule has 2 aliphatic heterocycles. The average Bonchev–Trinajstić information content (AvgIpc) is 2.38. The summed E-state index contributed by atoms with van der Waals surface area (Å²) in [7, 11) is 0. The van der Waals surface area contributed by atoms with Gasteiger partial charge in [-0.1, -0.05) is 18.4 Å². The van der Waals surface area contributed by atoms with E-state index in [4.69, 9.17) is 11.2 Å². The maximum atomic E-state index is 6.10. The molecular formula is C16H19NO. The molecule has 1 aromatic carbocycles. The summed E-state index contributed by atoms with van der Waals surface area (Å²) in [5, 5.41) is 3.68. The molecule has 2 nitrogen and oxygen atoms in total. The van der Waals surface area contributed by atoms with Gasteiger partial charge in [0.2, 0.25) is 0 Å². The van der Waals surface area contributed by atoms with Crippen molar-refractivity contribution in [3.8, 4) is 18.1 Å². The second kappa shape index (κ2) is 5.04. The summed E-state index contributed by atoms with van der Waals surface area (Å²) in [6, 6.07) is 9.16. The van der Waals surface area contributed by atoms with Crippen LogP contribution in [0, 0.1) is 12.3 Å². The van der Waals surface area contributed by atoms with Crippen LogP contribution < -0.4 is 10.1 Å². The minimum absolute atomic E-state index is 0.342. The standard InChI is InChI=1S/C16H19NO/c1-2-12-5-3-8-15(9-12)18-16-10-13-6-4-7-14(11-16)17-13/h1,3,5,8-9,13-14,16-17H,4,6-7,10-11H2/t13-,14+,16-. The van der Waals surface area contributed by atoms with Gasteiger partial charge in [-0.05, 0) is 43.9 Å². The number of hydrogen-bond donors (Lipinski definition) is 1. The van der Waals surface area contributed by atoms with Gasteiger partial charge < -0.3 is 10.1 Å². The first-order valence-corrected chi connectivity index (χ1v) is 6.83. The van der Waals surface area contributed by atoms with Crippen molar-refractivity contribution in [2.45, 2.75) is 50.3 Å². The Hall–Kier alpha value is -1.46. The average molecular weight is 241 g/mol. The van der Waals surface area contributed by atoms with Crippen LogP contribution in [0.3, 0.4) is 0 Å². The highest BCUT2D eigenvalue weighted by Gasteiger charge is 2.32. The molecule has 1 aromatic rings. The molecule has 18 heavy (non-hydrogen) atoms. The van der Waals surface area contributed by atoms with Gasteiger partial charge in [-0.2, -0.15) is 0 Å². The molecule has 2 heterocycles. The topological polar surface area (TPSA) is 21.3 Å². The predicted molar refractivity (Wildman–Crippen MR) is 72.6 cm³/mol. The highest BCUT2D eigenvalue weighted by molar-refractivity contribution is 5.38. The molecule has 2 heteroatoms. The molecule has 0 aliphatic carbocycles. The monoisotopic (exact) mass is 241 g/mol. The number of nitrogens with one attached hydrogen (secondary N) is 1. The van der Waals surface area contributed by atoms with Gasteiger partial charge in [0.15, 0.2) is 0 Å². The van der Waals surface area contributed by atoms with Gasteiger partial charge in [-0.15, -0.1) is 6.42 Å². The second-order valence-electron chi connectivity index (χ2n) is 5.37. The molecular weight excluding hydrogens is 222 g/mol. The van der Waals surface area contributed by atoms with Crippen molar-refractivity contribution in [1.29, 1.82) is 0 Å². The molecule has 2 bridgehead atoms. The van der Waals surface area contributed by atoms with Gasteiger partial charge in [0, 0.05) is 17.6 Å². The molecule has 0 saturated carbocycles. The zero-order valence-corrected chi connectivity index (χ0v) is 10.6. The molecule has 0 aromatic heterocycles. The quantitative estimate of drug-likeness (QED) is 0.804. The Bertz CT molecular complexity index is 450. The van der Waals surface area contributed by atoms with Crippen LogP contribution in [0.1, 0.15) is 37.7 Å². The molecule has 0 spiro atoms. The number of hydrogen-bond acceptors (Lipinski definition) is 2. The van der Waals surface area contributed by atoms with Crippen molar-refractivity contribution in [2.75, 3.05) is 0 Å². The van der Waals surface area contributed by atoms with E-state index in [0.717, 1.165) is 24.2 Å². The molecule has 0 radical (unpaired) electrons. The lowest BCUT2D eigenvalue weighted by Crippen LogP contribution is -2.51. The number of fused-ring (bicyclic) bond motifs is 2. The number of rotatable bonds is 2. The fraction of sp³-hybridized carbons (Fsp3) is 0.500. The van der Waals surface area contributed by atoms with E-state index < -0.39 is 0 Å². The summed E-state index contributed by atoms with van der Waals surface area (Å²) in [6.45, 7) is 0. The Balaban J connectivity index is 1.67. The lowest BCUT2D eigenvalue weighted by Gasteiger charge is -2.40. The largest absolute Gasteiger partial charge is 0.490 e. The minimum atomic E-state index is 0.342. The third kappa shape index (κ3) is 2.52. The van der Waals surface area contributed by atoms with E-state index in [0.29, 0.717) is 18.2 Å². The molecule has 1 N–H and O–H groups in total. The summed E-state index contributed by atoms with van der Waals surface area (Å²) in [5.74, 6) is 3.56. The fourth-order valence-electron chi connectivity index (χ4n) is 3.16. The van der Waals surface area contributed by atoms with Gasteiger partial charge in [-0.3, -0.25) is 0 Å². The summed E-state index contributed by atoms with van der Waals surface area (Å²) in [6.07, 6.45) is 11.9. The van der Waals surface area contributed by atoms with Gasteiger partial charge in [0.1, 0.15) is 11.9 Å². The summed E-state index contributed by atoms with van der Waals surface area (Å²) >= 11 is 0. The fourth-order valence-corrected chi connectivity index (χ4v) is 3.16. The first-order valence-electron chi connectivity index (χ1n) is 6.83. The number of piperidine rings is 2. The van der Waals surface area contributed by atoms with Crippen molar-refractivity contribution in [1.82, 2.24) is 5.32 Å². The maximum Gasteiger partial charge on any atom is 0.120 e. The van der Waals surface area contributed by atoms with Gasteiger partial charge >= 0.3 is 0 Å². The molecule has 94 valence electrons. The lowest BCUT2D eigenvalue weighted by molar-refractivity contribution is 0.0927. The zero-order valence-electron chi connectivity index (χ0n) is 10.6. The van der Waals surface area contributed by atoms with E-state index in [1.165, 1.54) is 19.3 Å². The number of benzene rings is 1. The Morgan fingerprint density at radius 2 is 2.00 bits per heavy atom. The Morgan fingerprint density at radius 3 is 2.72 bits per heavy atom. The van der Waals surface area contributed by atoms with Crippen molar-refractivity contribution in [3.05, 3.63) is 29.8 Å². The molecule has 2 aliphatic rings.